The summed E-state index contributed by atoms with van der Waals surface area (Å²) in [5.41, 5.74) is 1.58. The van der Waals surface area contributed by atoms with Gasteiger partial charge in [0.15, 0.2) is 0 Å². The number of ether oxygens (including phenoxy) is 1. The minimum absolute atomic E-state index is 0.0240. The standard InChI is InChI=1S/C16H24O4/c1-3-10(2)14(19)20-16-5-11-4-15(8-16,9-18)13(11)12(6-16)7-17/h10-11,17-18H,3-9H2,1-2H3. The lowest BCUT2D eigenvalue weighted by molar-refractivity contribution is -0.190. The van der Waals surface area contributed by atoms with E-state index in [1.165, 1.54) is 5.57 Å². The first kappa shape index (κ1) is 14.1. The molecule has 0 aromatic rings. The highest BCUT2D eigenvalue weighted by atomic mass is 16.6. The van der Waals surface area contributed by atoms with Crippen LogP contribution in [0.15, 0.2) is 11.1 Å². The minimum atomic E-state index is -0.480. The molecule has 0 saturated heterocycles. The van der Waals surface area contributed by atoms with Gasteiger partial charge < -0.3 is 14.9 Å². The van der Waals surface area contributed by atoms with Gasteiger partial charge in [-0.15, -0.1) is 0 Å². The summed E-state index contributed by atoms with van der Waals surface area (Å²) in [7, 11) is 0. The summed E-state index contributed by atoms with van der Waals surface area (Å²) in [4.78, 5) is 12.2. The van der Waals surface area contributed by atoms with Gasteiger partial charge in [0.1, 0.15) is 5.60 Å². The van der Waals surface area contributed by atoms with E-state index in [1.54, 1.807) is 0 Å². The number of esters is 1. The predicted molar refractivity (Wildman–Crippen MR) is 73.9 cm³/mol. The molecule has 4 bridgehead atoms. The van der Waals surface area contributed by atoms with E-state index in [2.05, 4.69) is 0 Å². The Bertz CT molecular complexity index is 469. The van der Waals surface area contributed by atoms with Crippen LogP contribution >= 0.6 is 0 Å². The number of hydrogen-bond donors (Lipinski definition) is 2. The van der Waals surface area contributed by atoms with Crippen molar-refractivity contribution in [2.75, 3.05) is 13.2 Å². The molecular weight excluding hydrogens is 256 g/mol. The SMILES string of the molecule is CCC(C)C(=O)OC12CC(CO)=C3C(C1)CC3(CO)C2. The molecule has 3 fully saturated rings. The van der Waals surface area contributed by atoms with Crippen LogP contribution in [0.1, 0.15) is 46.0 Å². The smallest absolute Gasteiger partial charge is 0.309 e. The van der Waals surface area contributed by atoms with Crippen molar-refractivity contribution in [3.05, 3.63) is 11.1 Å². The Balaban J connectivity index is 1.86. The molecule has 5 aliphatic rings. The first-order chi connectivity index (χ1) is 9.49. The number of fused-ring (bicyclic) bond motifs is 1. The second kappa shape index (κ2) is 4.57. The summed E-state index contributed by atoms with van der Waals surface area (Å²) in [6.07, 6.45) is 4.01. The van der Waals surface area contributed by atoms with Gasteiger partial charge in [0.2, 0.25) is 0 Å². The molecule has 0 aromatic heterocycles. The Morgan fingerprint density at radius 3 is 2.80 bits per heavy atom. The molecular formula is C16H24O4. The van der Waals surface area contributed by atoms with Gasteiger partial charge in [-0.2, -0.15) is 0 Å². The van der Waals surface area contributed by atoms with Crippen molar-refractivity contribution >= 4 is 5.97 Å². The predicted octanol–water partition coefficient (Wildman–Crippen LogP) is 1.80. The molecule has 3 saturated carbocycles. The van der Waals surface area contributed by atoms with E-state index in [0.717, 1.165) is 31.3 Å². The Morgan fingerprint density at radius 2 is 2.20 bits per heavy atom. The topological polar surface area (TPSA) is 66.8 Å². The van der Waals surface area contributed by atoms with Crippen molar-refractivity contribution in [1.82, 2.24) is 0 Å². The lowest BCUT2D eigenvalue weighted by Gasteiger charge is -2.65. The van der Waals surface area contributed by atoms with E-state index in [0.29, 0.717) is 12.3 Å². The van der Waals surface area contributed by atoms with Gasteiger partial charge >= 0.3 is 5.97 Å². The summed E-state index contributed by atoms with van der Waals surface area (Å²) in [5.74, 6) is 0.176. The Labute approximate surface area is 119 Å². The van der Waals surface area contributed by atoms with Crippen molar-refractivity contribution in [3.8, 4) is 0 Å². The lowest BCUT2D eigenvalue weighted by atomic mass is 9.42. The van der Waals surface area contributed by atoms with Crippen LogP contribution in [0.3, 0.4) is 0 Å². The van der Waals surface area contributed by atoms with Crippen LogP contribution in [0, 0.1) is 17.3 Å². The molecule has 0 aliphatic heterocycles. The van der Waals surface area contributed by atoms with E-state index < -0.39 is 5.60 Å². The summed E-state index contributed by atoms with van der Waals surface area (Å²) in [6.45, 7) is 4.00. The molecule has 5 rings (SSSR count). The third-order valence-corrected chi connectivity index (χ3v) is 5.64. The average Bonchev–Trinajstić information content (AvgIpc) is 2.44. The molecule has 4 unspecified atom stereocenters. The van der Waals surface area contributed by atoms with E-state index in [4.69, 9.17) is 4.74 Å². The Kier molecular flexibility index (Phi) is 3.22. The normalized spacial score (nSPS) is 39.5. The van der Waals surface area contributed by atoms with Gasteiger partial charge in [-0.25, -0.2) is 0 Å². The van der Waals surface area contributed by atoms with Crippen molar-refractivity contribution in [2.45, 2.75) is 51.6 Å². The maximum absolute atomic E-state index is 12.2. The molecule has 2 N–H and O–H groups in total. The number of carbonyl (C=O) groups is 1. The third-order valence-electron chi connectivity index (χ3n) is 5.64. The van der Waals surface area contributed by atoms with Crippen LogP contribution < -0.4 is 0 Å². The van der Waals surface area contributed by atoms with Gasteiger partial charge in [0, 0.05) is 11.8 Å². The molecule has 5 aliphatic carbocycles. The van der Waals surface area contributed by atoms with Crippen LogP contribution in [-0.2, 0) is 9.53 Å². The average molecular weight is 280 g/mol. The highest BCUT2D eigenvalue weighted by molar-refractivity contribution is 5.72. The summed E-state index contributed by atoms with van der Waals surface area (Å²) in [6, 6.07) is 0. The largest absolute Gasteiger partial charge is 0.458 e. The fraction of sp³-hybridized carbons (Fsp3) is 0.812. The van der Waals surface area contributed by atoms with Crippen LogP contribution in [0.25, 0.3) is 0 Å². The fourth-order valence-corrected chi connectivity index (χ4v) is 4.69. The van der Waals surface area contributed by atoms with Crippen molar-refractivity contribution in [1.29, 1.82) is 0 Å². The molecule has 0 radical (unpaired) electrons. The van der Waals surface area contributed by atoms with E-state index >= 15 is 0 Å². The van der Waals surface area contributed by atoms with E-state index in [1.807, 2.05) is 13.8 Å². The zero-order valence-electron chi connectivity index (χ0n) is 12.3. The lowest BCUT2D eigenvalue weighted by Crippen LogP contribution is -2.62. The molecule has 0 heterocycles. The number of aliphatic hydroxyl groups excluding tert-OH is 2. The van der Waals surface area contributed by atoms with Gasteiger partial charge in [0.05, 0.1) is 19.1 Å². The molecule has 0 aromatic carbocycles. The van der Waals surface area contributed by atoms with E-state index in [-0.39, 0.29) is 30.5 Å². The third kappa shape index (κ3) is 1.77. The van der Waals surface area contributed by atoms with Crippen molar-refractivity contribution in [3.63, 3.8) is 0 Å². The van der Waals surface area contributed by atoms with Crippen LogP contribution in [0.2, 0.25) is 0 Å². The zero-order chi connectivity index (χ0) is 14.5. The van der Waals surface area contributed by atoms with Gasteiger partial charge in [-0.1, -0.05) is 19.4 Å². The first-order valence-corrected chi connectivity index (χ1v) is 7.66. The summed E-state index contributed by atoms with van der Waals surface area (Å²) in [5, 5.41) is 19.4. The number of hydrogen-bond acceptors (Lipinski definition) is 4. The quantitative estimate of drug-likeness (QED) is 0.595. The Hall–Kier alpha value is -0.870. The molecule has 4 heteroatoms. The first-order valence-electron chi connectivity index (χ1n) is 7.66. The minimum Gasteiger partial charge on any atom is -0.458 e. The molecule has 112 valence electrons. The molecule has 20 heavy (non-hydrogen) atoms. The maximum atomic E-state index is 12.2. The van der Waals surface area contributed by atoms with Crippen molar-refractivity contribution < 1.29 is 19.7 Å². The zero-order valence-corrected chi connectivity index (χ0v) is 12.3. The number of carbonyl (C=O) groups excluding carboxylic acids is 1. The second-order valence-electron chi connectivity index (χ2n) is 6.99. The second-order valence-corrected chi connectivity index (χ2v) is 6.99. The fourth-order valence-electron chi connectivity index (χ4n) is 4.69. The Morgan fingerprint density at radius 1 is 1.45 bits per heavy atom. The van der Waals surface area contributed by atoms with Gasteiger partial charge in [-0.3, -0.25) is 4.79 Å². The van der Waals surface area contributed by atoms with E-state index in [9.17, 15) is 15.0 Å². The van der Waals surface area contributed by atoms with Gasteiger partial charge in [0.25, 0.3) is 0 Å². The van der Waals surface area contributed by atoms with Gasteiger partial charge in [-0.05, 0) is 37.2 Å². The highest BCUT2D eigenvalue weighted by Crippen LogP contribution is 2.68. The molecule has 4 atom stereocenters. The maximum Gasteiger partial charge on any atom is 0.309 e. The molecule has 0 amide bonds. The number of rotatable bonds is 5. The number of aliphatic hydroxyl groups is 2. The van der Waals surface area contributed by atoms with Crippen LogP contribution in [0.4, 0.5) is 0 Å². The summed E-state index contributed by atoms with van der Waals surface area (Å²) < 4.78 is 5.88. The van der Waals surface area contributed by atoms with Crippen LogP contribution in [0.5, 0.6) is 0 Å². The molecule has 0 spiro atoms. The highest BCUT2D eigenvalue weighted by Gasteiger charge is 2.65. The summed E-state index contributed by atoms with van der Waals surface area (Å²) >= 11 is 0. The monoisotopic (exact) mass is 280 g/mol. The van der Waals surface area contributed by atoms with Crippen molar-refractivity contribution in [2.24, 2.45) is 17.3 Å². The van der Waals surface area contributed by atoms with Crippen LogP contribution in [-0.4, -0.2) is 35.0 Å². The molecule has 4 nitrogen and oxygen atoms in total.